The Morgan fingerprint density at radius 3 is 2.61 bits per heavy atom. The van der Waals surface area contributed by atoms with Gasteiger partial charge in [-0.05, 0) is 12.8 Å². The van der Waals surface area contributed by atoms with E-state index < -0.39 is 5.97 Å². The van der Waals surface area contributed by atoms with E-state index in [2.05, 4.69) is 23.5 Å². The molecule has 6 nitrogen and oxygen atoms in total. The van der Waals surface area contributed by atoms with Gasteiger partial charge in [-0.3, -0.25) is 4.79 Å². The molecule has 6 heteroatoms. The maximum atomic E-state index is 12.1. The lowest BCUT2D eigenvalue weighted by Gasteiger charge is -2.22. The molecule has 18 heavy (non-hydrogen) atoms. The van der Waals surface area contributed by atoms with Gasteiger partial charge in [0.25, 0.3) is 5.91 Å². The third-order valence-electron chi connectivity index (χ3n) is 2.84. The molecule has 0 radical (unpaired) electrons. The molecule has 0 spiro atoms. The van der Waals surface area contributed by atoms with Gasteiger partial charge in [0.15, 0.2) is 5.69 Å². The quantitative estimate of drug-likeness (QED) is 0.837. The molecule has 0 fully saturated rings. The summed E-state index contributed by atoms with van der Waals surface area (Å²) in [5.74, 6) is -1.46. The van der Waals surface area contributed by atoms with Crippen LogP contribution in [0, 0.1) is 5.92 Å². The minimum absolute atomic E-state index is 0.0394. The molecule has 100 valence electrons. The molecular weight excluding hydrogens is 236 g/mol. The van der Waals surface area contributed by atoms with E-state index in [-0.39, 0.29) is 17.4 Å². The van der Waals surface area contributed by atoms with E-state index in [9.17, 15) is 9.59 Å². The lowest BCUT2D eigenvalue weighted by Crippen LogP contribution is -2.34. The van der Waals surface area contributed by atoms with Crippen molar-refractivity contribution in [2.75, 3.05) is 13.1 Å². The number of hydrogen-bond acceptors (Lipinski definition) is 4. The summed E-state index contributed by atoms with van der Waals surface area (Å²) in [7, 11) is 0. The molecule has 0 saturated carbocycles. The Morgan fingerprint density at radius 1 is 1.50 bits per heavy atom. The number of rotatable bonds is 6. The molecule has 1 amide bonds. The van der Waals surface area contributed by atoms with Crippen molar-refractivity contribution in [2.45, 2.75) is 27.2 Å². The Kier molecular flexibility index (Phi) is 4.88. The van der Waals surface area contributed by atoms with Gasteiger partial charge in [-0.25, -0.2) is 4.79 Å². The zero-order valence-corrected chi connectivity index (χ0v) is 10.8. The second-order valence-corrected chi connectivity index (χ2v) is 4.24. The fourth-order valence-electron chi connectivity index (χ4n) is 1.50. The normalized spacial score (nSPS) is 12.2. The van der Waals surface area contributed by atoms with Crippen LogP contribution in [0.2, 0.25) is 0 Å². The highest BCUT2D eigenvalue weighted by atomic mass is 16.5. The molecule has 0 aromatic carbocycles. The van der Waals surface area contributed by atoms with E-state index in [1.807, 2.05) is 6.92 Å². The first kappa shape index (κ1) is 14.2. The highest BCUT2D eigenvalue weighted by molar-refractivity contribution is 5.94. The molecule has 1 unspecified atom stereocenters. The van der Waals surface area contributed by atoms with Crippen LogP contribution in [0.1, 0.15) is 48.2 Å². The zero-order valence-electron chi connectivity index (χ0n) is 10.8. The summed E-state index contributed by atoms with van der Waals surface area (Å²) in [5.41, 5.74) is 0.0394. The molecule has 1 atom stereocenters. The number of carbonyl (C=O) groups excluding carboxylic acids is 1. The first-order valence-corrected chi connectivity index (χ1v) is 5.98. The van der Waals surface area contributed by atoms with Crippen LogP contribution in [0.5, 0.6) is 0 Å². The maximum absolute atomic E-state index is 12.1. The maximum Gasteiger partial charge on any atom is 0.374 e. The minimum atomic E-state index is -1.23. The van der Waals surface area contributed by atoms with Crippen LogP contribution in [0.25, 0.3) is 0 Å². The fraction of sp³-hybridized carbons (Fsp3) is 0.583. The van der Waals surface area contributed by atoms with E-state index >= 15 is 0 Å². The van der Waals surface area contributed by atoms with E-state index in [4.69, 9.17) is 5.11 Å². The van der Waals surface area contributed by atoms with Crippen LogP contribution in [-0.4, -0.2) is 40.1 Å². The summed E-state index contributed by atoms with van der Waals surface area (Å²) >= 11 is 0. The Labute approximate surface area is 106 Å². The summed E-state index contributed by atoms with van der Waals surface area (Å²) in [4.78, 5) is 24.4. The van der Waals surface area contributed by atoms with Gasteiger partial charge in [-0.2, -0.15) is 0 Å². The summed E-state index contributed by atoms with van der Waals surface area (Å²) in [6.07, 6.45) is 0.975. The second kappa shape index (κ2) is 6.18. The topological polar surface area (TPSA) is 83.6 Å². The number of carbonyl (C=O) groups is 2. The molecule has 0 aliphatic heterocycles. The van der Waals surface area contributed by atoms with Gasteiger partial charge in [0.2, 0.25) is 5.76 Å². The molecule has 0 saturated heterocycles. The zero-order chi connectivity index (χ0) is 13.7. The standard InChI is InChI=1S/C12H18N2O4/c1-4-8(3)7-14(5-2)11(15)9-6-10(12(16)17)18-13-9/h6,8H,4-5,7H2,1-3H3,(H,16,17). The summed E-state index contributed by atoms with van der Waals surface area (Å²) < 4.78 is 4.58. The first-order valence-electron chi connectivity index (χ1n) is 5.98. The van der Waals surface area contributed by atoms with Gasteiger partial charge in [-0.15, -0.1) is 0 Å². The Balaban J connectivity index is 2.79. The van der Waals surface area contributed by atoms with E-state index in [1.54, 1.807) is 4.90 Å². The largest absolute Gasteiger partial charge is 0.475 e. The highest BCUT2D eigenvalue weighted by Crippen LogP contribution is 2.10. The molecule has 1 rings (SSSR count). The van der Waals surface area contributed by atoms with Crippen LogP contribution >= 0.6 is 0 Å². The van der Waals surface area contributed by atoms with Gasteiger partial charge in [0.1, 0.15) is 0 Å². The molecule has 0 aliphatic rings. The van der Waals surface area contributed by atoms with Crippen molar-refractivity contribution >= 4 is 11.9 Å². The second-order valence-electron chi connectivity index (χ2n) is 4.24. The predicted octanol–water partition coefficient (Wildman–Crippen LogP) is 1.88. The fourth-order valence-corrected chi connectivity index (χ4v) is 1.50. The molecule has 1 aromatic rings. The van der Waals surface area contributed by atoms with Crippen LogP contribution in [-0.2, 0) is 0 Å². The number of aromatic carboxylic acids is 1. The van der Waals surface area contributed by atoms with Crippen molar-refractivity contribution < 1.29 is 19.2 Å². The van der Waals surface area contributed by atoms with Gasteiger partial charge in [-0.1, -0.05) is 25.4 Å². The third-order valence-corrected chi connectivity index (χ3v) is 2.84. The summed E-state index contributed by atoms with van der Waals surface area (Å²) in [6.45, 7) is 7.17. The summed E-state index contributed by atoms with van der Waals surface area (Å²) in [5, 5.41) is 12.2. The van der Waals surface area contributed by atoms with E-state index in [0.29, 0.717) is 19.0 Å². The van der Waals surface area contributed by atoms with Crippen molar-refractivity contribution in [1.82, 2.24) is 10.1 Å². The molecule has 1 aromatic heterocycles. The third kappa shape index (κ3) is 3.32. The van der Waals surface area contributed by atoms with Gasteiger partial charge >= 0.3 is 5.97 Å². The van der Waals surface area contributed by atoms with Gasteiger partial charge < -0.3 is 14.5 Å². The predicted molar refractivity (Wildman–Crippen MR) is 64.5 cm³/mol. The molecule has 0 bridgehead atoms. The van der Waals surface area contributed by atoms with Crippen LogP contribution < -0.4 is 0 Å². The molecule has 1 N–H and O–H groups in total. The average Bonchev–Trinajstić information content (AvgIpc) is 2.84. The van der Waals surface area contributed by atoms with E-state index in [0.717, 1.165) is 12.5 Å². The van der Waals surface area contributed by atoms with Gasteiger partial charge in [0.05, 0.1) is 0 Å². The summed E-state index contributed by atoms with van der Waals surface area (Å²) in [6, 6.07) is 1.16. The highest BCUT2D eigenvalue weighted by Gasteiger charge is 2.21. The number of amides is 1. The number of carboxylic acid groups (broad SMARTS) is 1. The van der Waals surface area contributed by atoms with E-state index in [1.165, 1.54) is 0 Å². The van der Waals surface area contributed by atoms with Crippen molar-refractivity contribution in [2.24, 2.45) is 5.92 Å². The smallest absolute Gasteiger partial charge is 0.374 e. The first-order chi connectivity index (χ1) is 8.49. The van der Waals surface area contributed by atoms with Crippen molar-refractivity contribution in [3.05, 3.63) is 17.5 Å². The lowest BCUT2D eigenvalue weighted by atomic mass is 10.1. The average molecular weight is 254 g/mol. The number of hydrogen-bond donors (Lipinski definition) is 1. The Hall–Kier alpha value is -1.85. The monoisotopic (exact) mass is 254 g/mol. The van der Waals surface area contributed by atoms with Gasteiger partial charge in [0, 0.05) is 19.2 Å². The molecule has 0 aliphatic carbocycles. The molecule has 1 heterocycles. The number of aromatic nitrogens is 1. The van der Waals surface area contributed by atoms with Crippen LogP contribution in [0.15, 0.2) is 10.6 Å². The van der Waals surface area contributed by atoms with Crippen LogP contribution in [0.4, 0.5) is 0 Å². The van der Waals surface area contributed by atoms with Crippen molar-refractivity contribution in [3.63, 3.8) is 0 Å². The lowest BCUT2D eigenvalue weighted by molar-refractivity contribution is 0.0648. The number of carboxylic acids is 1. The molecular formula is C12H18N2O4. The van der Waals surface area contributed by atoms with Crippen LogP contribution in [0.3, 0.4) is 0 Å². The Bertz CT molecular complexity index is 427. The Morgan fingerprint density at radius 2 is 2.17 bits per heavy atom. The van der Waals surface area contributed by atoms with Crippen molar-refractivity contribution in [3.8, 4) is 0 Å². The minimum Gasteiger partial charge on any atom is -0.475 e. The number of nitrogens with zero attached hydrogens (tertiary/aromatic N) is 2. The SMILES string of the molecule is CCC(C)CN(CC)C(=O)c1cc(C(=O)O)on1. The van der Waals surface area contributed by atoms with Crippen molar-refractivity contribution in [1.29, 1.82) is 0 Å².